The molecule has 6 nitrogen and oxygen atoms in total. The van der Waals surface area contributed by atoms with Gasteiger partial charge in [0.2, 0.25) is 5.76 Å². The van der Waals surface area contributed by atoms with E-state index < -0.39 is 6.04 Å². The molecule has 0 aliphatic carbocycles. The van der Waals surface area contributed by atoms with E-state index in [4.69, 9.17) is 9.15 Å². The van der Waals surface area contributed by atoms with E-state index in [0.29, 0.717) is 27.4 Å². The predicted octanol–water partition coefficient (Wildman–Crippen LogP) is 4.62. The number of amides is 1. The maximum absolute atomic E-state index is 13.6. The number of rotatable bonds is 3. The summed E-state index contributed by atoms with van der Waals surface area (Å²) in [6.45, 7) is 3.90. The minimum Gasteiger partial charge on any atom is -0.497 e. The van der Waals surface area contributed by atoms with E-state index in [2.05, 4.69) is 4.98 Å². The lowest BCUT2D eigenvalue weighted by Gasteiger charge is -2.22. The molecule has 150 valence electrons. The van der Waals surface area contributed by atoms with Crippen LogP contribution in [0.25, 0.3) is 11.0 Å². The molecule has 1 amide bonds. The van der Waals surface area contributed by atoms with E-state index in [9.17, 15) is 9.59 Å². The zero-order valence-electron chi connectivity index (χ0n) is 16.6. The number of carbonyl (C=O) groups is 1. The van der Waals surface area contributed by atoms with Gasteiger partial charge in [-0.1, -0.05) is 12.1 Å². The fourth-order valence-electron chi connectivity index (χ4n) is 3.86. The number of nitrogens with zero attached hydrogens (tertiary/aromatic N) is 2. The molecular formula is C23H18N2O4S. The second-order valence-electron chi connectivity index (χ2n) is 7.27. The van der Waals surface area contributed by atoms with E-state index in [-0.39, 0.29) is 17.1 Å². The van der Waals surface area contributed by atoms with Crippen molar-refractivity contribution < 1.29 is 13.9 Å². The molecule has 2 aromatic carbocycles. The number of aryl methyl sites for hydroxylation is 2. The SMILES string of the molecule is COc1ccc([C@H]2c3c(oc4cc(C)c(C)cc4c3=O)C(=O)N2c2nccs2)cc1. The molecule has 0 radical (unpaired) electrons. The maximum Gasteiger partial charge on any atom is 0.297 e. The number of hydrogen-bond donors (Lipinski definition) is 0. The zero-order valence-corrected chi connectivity index (χ0v) is 17.4. The van der Waals surface area contributed by atoms with Crippen LogP contribution in [-0.2, 0) is 0 Å². The summed E-state index contributed by atoms with van der Waals surface area (Å²) in [6.07, 6.45) is 1.64. The monoisotopic (exact) mass is 418 g/mol. The van der Waals surface area contributed by atoms with Crippen LogP contribution in [0.3, 0.4) is 0 Å². The summed E-state index contributed by atoms with van der Waals surface area (Å²) in [6, 6.07) is 10.4. The van der Waals surface area contributed by atoms with E-state index in [1.165, 1.54) is 11.3 Å². The average Bonchev–Trinajstić information content (AvgIpc) is 3.37. The molecule has 0 saturated heterocycles. The Kier molecular flexibility index (Phi) is 4.22. The fourth-order valence-corrected chi connectivity index (χ4v) is 4.53. The number of benzene rings is 2. The van der Waals surface area contributed by atoms with Crippen molar-refractivity contribution in [1.29, 1.82) is 0 Å². The van der Waals surface area contributed by atoms with Crippen LogP contribution >= 0.6 is 11.3 Å². The van der Waals surface area contributed by atoms with Gasteiger partial charge >= 0.3 is 0 Å². The smallest absolute Gasteiger partial charge is 0.297 e. The summed E-state index contributed by atoms with van der Waals surface area (Å²) < 4.78 is 11.3. The van der Waals surface area contributed by atoms with Crippen LogP contribution < -0.4 is 15.1 Å². The topological polar surface area (TPSA) is 72.6 Å². The highest BCUT2D eigenvalue weighted by Gasteiger charge is 2.44. The van der Waals surface area contributed by atoms with Crippen LogP contribution in [0.2, 0.25) is 0 Å². The minimum absolute atomic E-state index is 0.0757. The zero-order chi connectivity index (χ0) is 21.0. The second-order valence-corrected chi connectivity index (χ2v) is 8.15. The Morgan fingerprint density at radius 2 is 1.83 bits per heavy atom. The Bertz CT molecular complexity index is 1340. The Morgan fingerprint density at radius 3 is 2.50 bits per heavy atom. The molecule has 0 fully saturated rings. The molecule has 0 spiro atoms. The van der Waals surface area contributed by atoms with Gasteiger partial charge in [0.15, 0.2) is 10.6 Å². The maximum atomic E-state index is 13.6. The van der Waals surface area contributed by atoms with Crippen molar-refractivity contribution in [2.24, 2.45) is 0 Å². The summed E-state index contributed by atoms with van der Waals surface area (Å²) in [7, 11) is 1.59. The van der Waals surface area contributed by atoms with Crippen molar-refractivity contribution >= 4 is 33.3 Å². The molecule has 1 aliphatic heterocycles. The molecule has 4 aromatic rings. The molecule has 1 atom stereocenters. The Morgan fingerprint density at radius 1 is 1.10 bits per heavy atom. The van der Waals surface area contributed by atoms with Crippen LogP contribution in [0.5, 0.6) is 5.75 Å². The predicted molar refractivity (Wildman–Crippen MR) is 116 cm³/mol. The third kappa shape index (κ3) is 2.66. The number of hydrogen-bond acceptors (Lipinski definition) is 6. The normalized spacial score (nSPS) is 15.6. The number of thiazole rings is 1. The summed E-state index contributed by atoms with van der Waals surface area (Å²) >= 11 is 1.34. The minimum atomic E-state index is -0.619. The van der Waals surface area contributed by atoms with E-state index in [1.54, 1.807) is 23.6 Å². The van der Waals surface area contributed by atoms with Crippen molar-refractivity contribution in [2.45, 2.75) is 19.9 Å². The molecule has 7 heteroatoms. The average molecular weight is 418 g/mol. The van der Waals surface area contributed by atoms with E-state index in [0.717, 1.165) is 16.7 Å². The van der Waals surface area contributed by atoms with Crippen LogP contribution in [0.4, 0.5) is 5.13 Å². The van der Waals surface area contributed by atoms with Gasteiger partial charge in [-0.2, -0.15) is 0 Å². The molecule has 0 bridgehead atoms. The van der Waals surface area contributed by atoms with Crippen LogP contribution in [-0.4, -0.2) is 18.0 Å². The van der Waals surface area contributed by atoms with Crippen LogP contribution in [0.1, 0.15) is 38.9 Å². The summed E-state index contributed by atoms with van der Waals surface area (Å²) in [5.41, 5.74) is 3.35. The van der Waals surface area contributed by atoms with Crippen LogP contribution in [0.15, 0.2) is 57.2 Å². The standard InChI is InChI=1S/C23H18N2O4S/c1-12-10-16-17(11-13(12)2)29-21-18(20(16)26)19(14-4-6-15(28-3)7-5-14)25(22(21)27)23-24-8-9-30-23/h4-11,19H,1-3H3/t19-/m0/s1. The van der Waals surface area contributed by atoms with Crippen molar-refractivity contribution in [3.63, 3.8) is 0 Å². The van der Waals surface area contributed by atoms with Gasteiger partial charge < -0.3 is 9.15 Å². The summed E-state index contributed by atoms with van der Waals surface area (Å²) in [5.74, 6) is 0.408. The van der Waals surface area contributed by atoms with Crippen molar-refractivity contribution in [3.8, 4) is 5.75 Å². The number of methoxy groups -OCH3 is 1. The molecular weight excluding hydrogens is 400 g/mol. The van der Waals surface area contributed by atoms with Gasteiger partial charge in [-0.3, -0.25) is 14.5 Å². The van der Waals surface area contributed by atoms with Gasteiger partial charge in [-0.15, -0.1) is 11.3 Å². The Hall–Kier alpha value is -3.45. The first kappa shape index (κ1) is 18.6. The molecule has 2 aromatic heterocycles. The highest BCUT2D eigenvalue weighted by molar-refractivity contribution is 7.13. The number of aromatic nitrogens is 1. The summed E-state index contributed by atoms with van der Waals surface area (Å²) in [4.78, 5) is 32.8. The van der Waals surface area contributed by atoms with Crippen LogP contribution in [0, 0.1) is 13.8 Å². The van der Waals surface area contributed by atoms with Gasteiger partial charge in [0.05, 0.1) is 24.1 Å². The molecule has 3 heterocycles. The van der Waals surface area contributed by atoms with Crippen molar-refractivity contribution in [2.75, 3.05) is 12.0 Å². The quantitative estimate of drug-likeness (QED) is 0.485. The largest absolute Gasteiger partial charge is 0.497 e. The van der Waals surface area contributed by atoms with Gasteiger partial charge in [0, 0.05) is 11.6 Å². The number of carbonyl (C=O) groups excluding carboxylic acids is 1. The molecule has 5 rings (SSSR count). The van der Waals surface area contributed by atoms with E-state index in [1.807, 2.05) is 50.2 Å². The first-order valence-electron chi connectivity index (χ1n) is 9.44. The third-order valence-electron chi connectivity index (χ3n) is 5.54. The van der Waals surface area contributed by atoms with Gasteiger partial charge in [0.25, 0.3) is 5.91 Å². The van der Waals surface area contributed by atoms with Crippen molar-refractivity contribution in [1.82, 2.24) is 4.98 Å². The lowest BCUT2D eigenvalue weighted by molar-refractivity contribution is 0.0971. The lowest BCUT2D eigenvalue weighted by Crippen LogP contribution is -2.29. The lowest BCUT2D eigenvalue weighted by atomic mass is 9.97. The third-order valence-corrected chi connectivity index (χ3v) is 6.31. The number of ether oxygens (including phenoxy) is 1. The van der Waals surface area contributed by atoms with Gasteiger partial charge in [-0.25, -0.2) is 4.98 Å². The molecule has 1 aliphatic rings. The highest BCUT2D eigenvalue weighted by atomic mass is 32.1. The fraction of sp³-hybridized carbons (Fsp3) is 0.174. The van der Waals surface area contributed by atoms with Gasteiger partial charge in [0.1, 0.15) is 11.3 Å². The summed E-state index contributed by atoms with van der Waals surface area (Å²) in [5, 5.41) is 2.79. The van der Waals surface area contributed by atoms with Gasteiger partial charge in [-0.05, 0) is 54.8 Å². The number of anilines is 1. The first-order valence-corrected chi connectivity index (χ1v) is 10.3. The molecule has 0 N–H and O–H groups in total. The first-order chi connectivity index (χ1) is 14.5. The number of fused-ring (bicyclic) bond motifs is 2. The molecule has 0 saturated carbocycles. The van der Waals surface area contributed by atoms with E-state index >= 15 is 0 Å². The van der Waals surface area contributed by atoms with Crippen molar-refractivity contribution in [3.05, 3.63) is 86.2 Å². The Labute approximate surface area is 176 Å². The highest BCUT2D eigenvalue weighted by Crippen LogP contribution is 2.42. The Balaban J connectivity index is 1.81. The molecule has 0 unspecified atom stereocenters. The molecule has 30 heavy (non-hydrogen) atoms. The second kappa shape index (κ2) is 6.81.